The molecule has 3 rings (SSSR count). The maximum Gasteiger partial charge on any atom is 0.534 e. The Morgan fingerprint density at radius 2 is 1.32 bits per heavy atom. The summed E-state index contributed by atoms with van der Waals surface area (Å²) in [5, 5.41) is 0. The van der Waals surface area contributed by atoms with Gasteiger partial charge in [0.1, 0.15) is 17.3 Å². The Kier molecular flexibility index (Phi) is 8.74. The molecule has 0 aromatic heterocycles. The molecular formula is C25H30F3NO7S2. The third kappa shape index (κ3) is 7.00. The van der Waals surface area contributed by atoms with Gasteiger partial charge in [-0.3, -0.25) is 0 Å². The lowest BCUT2D eigenvalue weighted by Crippen LogP contribution is -2.41. The number of nitrogens with zero attached hydrogens (tertiary/aromatic N) is 1. The van der Waals surface area contributed by atoms with E-state index in [-0.39, 0.29) is 31.0 Å². The standard InChI is InChI=1S/C25H30F3NO7S2/c1-18(24(2)13-23(14-24)36-38(32,33)25(26,27)28)17-37(30,31)29(15-19-5-9-21(34-3)10-6-19)16-20-7-11-22(35-4)12-8-20/h5-13,18H,14-17H2,1-4H3/t18-,24?/m1/s1. The molecule has 0 fully saturated rings. The van der Waals surface area contributed by atoms with Crippen LogP contribution >= 0.6 is 0 Å². The van der Waals surface area contributed by atoms with Gasteiger partial charge in [0.25, 0.3) is 0 Å². The number of rotatable bonds is 12. The second-order valence-electron chi connectivity index (χ2n) is 9.42. The lowest BCUT2D eigenvalue weighted by Gasteiger charge is -2.41. The molecule has 38 heavy (non-hydrogen) atoms. The highest BCUT2D eigenvalue weighted by Gasteiger charge is 2.51. The molecule has 1 aliphatic rings. The quantitative estimate of drug-likeness (QED) is 0.263. The molecule has 2 aromatic rings. The summed E-state index contributed by atoms with van der Waals surface area (Å²) in [4.78, 5) is 0. The maximum atomic E-state index is 13.6. The first-order chi connectivity index (χ1) is 17.6. The van der Waals surface area contributed by atoms with Gasteiger partial charge in [-0.2, -0.15) is 25.9 Å². The van der Waals surface area contributed by atoms with Crippen LogP contribution in [0.2, 0.25) is 0 Å². The van der Waals surface area contributed by atoms with Crippen molar-refractivity contribution >= 4 is 20.1 Å². The van der Waals surface area contributed by atoms with E-state index in [4.69, 9.17) is 9.47 Å². The second kappa shape index (κ2) is 11.1. The van der Waals surface area contributed by atoms with Gasteiger partial charge in [0.2, 0.25) is 10.0 Å². The smallest absolute Gasteiger partial charge is 0.497 e. The fraction of sp³-hybridized carbons (Fsp3) is 0.440. The Morgan fingerprint density at radius 3 is 1.68 bits per heavy atom. The highest BCUT2D eigenvalue weighted by Crippen LogP contribution is 2.47. The summed E-state index contributed by atoms with van der Waals surface area (Å²) in [7, 11) is -6.60. The summed E-state index contributed by atoms with van der Waals surface area (Å²) in [5.74, 6) is 0.0282. The molecule has 0 radical (unpaired) electrons. The zero-order chi connectivity index (χ0) is 28.4. The Bertz CT molecular complexity index is 1310. The van der Waals surface area contributed by atoms with Gasteiger partial charge >= 0.3 is 15.6 Å². The van der Waals surface area contributed by atoms with Crippen molar-refractivity contribution in [1.82, 2.24) is 4.31 Å². The molecule has 0 N–H and O–H groups in total. The molecule has 0 amide bonds. The normalized spacial score (nSPS) is 18.9. The van der Waals surface area contributed by atoms with E-state index in [2.05, 4.69) is 4.18 Å². The maximum absolute atomic E-state index is 13.6. The zero-order valence-electron chi connectivity index (χ0n) is 21.4. The molecule has 2 atom stereocenters. The molecule has 0 spiro atoms. The van der Waals surface area contributed by atoms with Crippen LogP contribution in [0.1, 0.15) is 31.4 Å². The van der Waals surface area contributed by atoms with Crippen molar-refractivity contribution in [3.05, 3.63) is 71.5 Å². The van der Waals surface area contributed by atoms with Crippen LogP contribution in [0.5, 0.6) is 11.5 Å². The summed E-state index contributed by atoms with van der Waals surface area (Å²) in [6.07, 6.45) is 1.10. The van der Waals surface area contributed by atoms with Crippen molar-refractivity contribution in [2.24, 2.45) is 11.3 Å². The van der Waals surface area contributed by atoms with Gasteiger partial charge in [-0.05, 0) is 52.8 Å². The van der Waals surface area contributed by atoms with Crippen LogP contribution in [0.4, 0.5) is 13.2 Å². The number of hydrogen-bond donors (Lipinski definition) is 0. The van der Waals surface area contributed by atoms with Crippen LogP contribution < -0.4 is 9.47 Å². The number of alkyl halides is 3. The lowest BCUT2D eigenvalue weighted by molar-refractivity contribution is -0.0531. The minimum absolute atomic E-state index is 0.0792. The van der Waals surface area contributed by atoms with E-state index in [0.29, 0.717) is 11.5 Å². The predicted molar refractivity (Wildman–Crippen MR) is 135 cm³/mol. The number of benzene rings is 2. The van der Waals surface area contributed by atoms with Crippen LogP contribution in [0, 0.1) is 11.3 Å². The molecule has 1 aliphatic carbocycles. The summed E-state index contributed by atoms with van der Waals surface area (Å²) in [6.45, 7) is 3.46. The fourth-order valence-electron chi connectivity index (χ4n) is 4.01. The van der Waals surface area contributed by atoms with E-state index < -0.39 is 37.0 Å². The van der Waals surface area contributed by atoms with Crippen molar-refractivity contribution in [2.75, 3.05) is 20.0 Å². The number of halogens is 3. The van der Waals surface area contributed by atoms with Gasteiger partial charge in [0, 0.05) is 19.5 Å². The first-order valence-corrected chi connectivity index (χ1v) is 14.6. The van der Waals surface area contributed by atoms with E-state index >= 15 is 0 Å². The highest BCUT2D eigenvalue weighted by atomic mass is 32.2. The Balaban J connectivity index is 1.80. The largest absolute Gasteiger partial charge is 0.534 e. The first-order valence-electron chi connectivity index (χ1n) is 11.5. The van der Waals surface area contributed by atoms with Crippen LogP contribution in [0.15, 0.2) is 60.4 Å². The molecule has 8 nitrogen and oxygen atoms in total. The Hall–Kier alpha value is -2.77. The van der Waals surface area contributed by atoms with E-state index in [9.17, 15) is 30.0 Å². The average molecular weight is 578 g/mol. The number of ether oxygens (including phenoxy) is 2. The van der Waals surface area contributed by atoms with Crippen LogP contribution in [-0.2, 0) is 37.4 Å². The summed E-state index contributed by atoms with van der Waals surface area (Å²) in [6, 6.07) is 14.0. The van der Waals surface area contributed by atoms with Gasteiger partial charge in [0.15, 0.2) is 0 Å². The summed E-state index contributed by atoms with van der Waals surface area (Å²) >= 11 is 0. The molecule has 0 saturated carbocycles. The van der Waals surface area contributed by atoms with Crippen molar-refractivity contribution < 1.29 is 43.7 Å². The second-order valence-corrected chi connectivity index (χ2v) is 13.0. The SMILES string of the molecule is COc1ccc(CN(Cc2ccc(OC)cc2)S(=O)(=O)C[C@@H](C)C2(C)C=C(OS(=O)(=O)C(F)(F)F)C2)cc1. The number of hydrogen-bond acceptors (Lipinski definition) is 7. The van der Waals surface area contributed by atoms with Crippen molar-refractivity contribution in [3.8, 4) is 11.5 Å². The van der Waals surface area contributed by atoms with Gasteiger partial charge in [-0.1, -0.05) is 38.1 Å². The minimum Gasteiger partial charge on any atom is -0.497 e. The van der Waals surface area contributed by atoms with E-state index in [1.54, 1.807) is 62.4 Å². The molecular weight excluding hydrogens is 547 g/mol. The predicted octanol–water partition coefficient (Wildman–Crippen LogP) is 4.83. The lowest BCUT2D eigenvalue weighted by atomic mass is 9.69. The first kappa shape index (κ1) is 29.8. The molecule has 0 aliphatic heterocycles. The van der Waals surface area contributed by atoms with Gasteiger partial charge < -0.3 is 13.7 Å². The third-order valence-electron chi connectivity index (χ3n) is 6.56. The van der Waals surface area contributed by atoms with E-state index in [1.165, 1.54) is 24.6 Å². The minimum atomic E-state index is -5.77. The van der Waals surface area contributed by atoms with E-state index in [0.717, 1.165) is 11.1 Å². The summed E-state index contributed by atoms with van der Waals surface area (Å²) < 4.78 is 103. The highest BCUT2D eigenvalue weighted by molar-refractivity contribution is 7.89. The molecule has 0 bridgehead atoms. The molecule has 210 valence electrons. The van der Waals surface area contributed by atoms with Crippen molar-refractivity contribution in [2.45, 2.75) is 38.9 Å². The molecule has 1 unspecified atom stereocenters. The molecule has 0 saturated heterocycles. The average Bonchev–Trinajstić information content (AvgIpc) is 2.82. The number of allylic oxidation sites excluding steroid dienone is 2. The van der Waals surface area contributed by atoms with Gasteiger partial charge in [-0.15, -0.1) is 0 Å². The van der Waals surface area contributed by atoms with Crippen LogP contribution in [-0.4, -0.2) is 46.6 Å². The number of methoxy groups -OCH3 is 2. The van der Waals surface area contributed by atoms with Crippen LogP contribution in [0.3, 0.4) is 0 Å². The number of sulfonamides is 1. The van der Waals surface area contributed by atoms with Crippen LogP contribution in [0.25, 0.3) is 0 Å². The van der Waals surface area contributed by atoms with Crippen molar-refractivity contribution in [3.63, 3.8) is 0 Å². The zero-order valence-corrected chi connectivity index (χ0v) is 23.0. The molecule has 0 heterocycles. The van der Waals surface area contributed by atoms with Gasteiger partial charge in [-0.25, -0.2) is 8.42 Å². The Labute approximate surface area is 221 Å². The van der Waals surface area contributed by atoms with E-state index in [1.807, 2.05) is 0 Å². The molecule has 13 heteroatoms. The van der Waals surface area contributed by atoms with Gasteiger partial charge in [0.05, 0.1) is 20.0 Å². The fourth-order valence-corrected chi connectivity index (χ4v) is 6.40. The molecule has 2 aromatic carbocycles. The summed E-state index contributed by atoms with van der Waals surface area (Å²) in [5.41, 5.74) is -4.94. The van der Waals surface area contributed by atoms with Crippen molar-refractivity contribution in [1.29, 1.82) is 0 Å². The topological polar surface area (TPSA) is 99.2 Å². The third-order valence-corrected chi connectivity index (χ3v) is 9.53. The Morgan fingerprint density at radius 1 is 0.895 bits per heavy atom. The monoisotopic (exact) mass is 577 g/mol.